The van der Waals surface area contributed by atoms with Crippen molar-refractivity contribution in [3.05, 3.63) is 40.1 Å². The SMILES string of the molecule is N#Cc1cnc(NC2CC=CCC2)c([N+](=O)[O-])c1. The average Bonchev–Trinajstić information content (AvgIpc) is 2.40. The van der Waals surface area contributed by atoms with Crippen LogP contribution in [0.5, 0.6) is 0 Å². The van der Waals surface area contributed by atoms with E-state index in [1.165, 1.54) is 12.3 Å². The van der Waals surface area contributed by atoms with Crippen molar-refractivity contribution < 1.29 is 4.92 Å². The number of rotatable bonds is 3. The number of pyridine rings is 1. The second-order valence-corrected chi connectivity index (χ2v) is 4.09. The Hall–Kier alpha value is -2.42. The fourth-order valence-corrected chi connectivity index (χ4v) is 1.88. The molecule has 0 saturated carbocycles. The van der Waals surface area contributed by atoms with Crippen molar-refractivity contribution in [2.45, 2.75) is 25.3 Å². The van der Waals surface area contributed by atoms with Crippen LogP contribution in [0.3, 0.4) is 0 Å². The largest absolute Gasteiger partial charge is 0.361 e. The molecule has 6 heteroatoms. The van der Waals surface area contributed by atoms with Crippen molar-refractivity contribution in [1.82, 2.24) is 4.98 Å². The average molecular weight is 244 g/mol. The van der Waals surface area contributed by atoms with E-state index in [-0.39, 0.29) is 23.1 Å². The van der Waals surface area contributed by atoms with Gasteiger partial charge in [-0.1, -0.05) is 12.2 Å². The molecule has 0 radical (unpaired) electrons. The molecule has 1 unspecified atom stereocenters. The Morgan fingerprint density at radius 3 is 3.00 bits per heavy atom. The van der Waals surface area contributed by atoms with E-state index in [0.29, 0.717) is 0 Å². The minimum Gasteiger partial charge on any atom is -0.361 e. The monoisotopic (exact) mass is 244 g/mol. The number of nitrogens with one attached hydrogen (secondary N) is 1. The van der Waals surface area contributed by atoms with Gasteiger partial charge in [0, 0.05) is 18.3 Å². The molecule has 18 heavy (non-hydrogen) atoms. The lowest BCUT2D eigenvalue weighted by atomic mass is 10.0. The highest BCUT2D eigenvalue weighted by Gasteiger charge is 2.19. The van der Waals surface area contributed by atoms with Gasteiger partial charge in [-0.3, -0.25) is 10.1 Å². The van der Waals surface area contributed by atoms with E-state index in [4.69, 9.17) is 5.26 Å². The van der Waals surface area contributed by atoms with Crippen molar-refractivity contribution in [3.8, 4) is 6.07 Å². The second kappa shape index (κ2) is 5.27. The molecule has 2 rings (SSSR count). The normalized spacial score (nSPS) is 18.1. The summed E-state index contributed by atoms with van der Waals surface area (Å²) in [5, 5.41) is 22.7. The molecule has 6 nitrogen and oxygen atoms in total. The van der Waals surface area contributed by atoms with Gasteiger partial charge in [0.1, 0.15) is 6.07 Å². The number of anilines is 1. The van der Waals surface area contributed by atoms with Crippen LogP contribution in [0.1, 0.15) is 24.8 Å². The van der Waals surface area contributed by atoms with E-state index in [9.17, 15) is 10.1 Å². The van der Waals surface area contributed by atoms with Crippen molar-refractivity contribution >= 4 is 11.5 Å². The highest BCUT2D eigenvalue weighted by Crippen LogP contribution is 2.25. The second-order valence-electron chi connectivity index (χ2n) is 4.09. The van der Waals surface area contributed by atoms with Gasteiger partial charge >= 0.3 is 5.69 Å². The molecule has 0 amide bonds. The molecular formula is C12H12N4O2. The van der Waals surface area contributed by atoms with Crippen LogP contribution >= 0.6 is 0 Å². The van der Waals surface area contributed by atoms with E-state index < -0.39 is 4.92 Å². The van der Waals surface area contributed by atoms with Crippen LogP contribution in [-0.4, -0.2) is 15.9 Å². The Morgan fingerprint density at radius 1 is 1.56 bits per heavy atom. The first-order chi connectivity index (χ1) is 8.70. The Labute approximate surface area is 104 Å². The lowest BCUT2D eigenvalue weighted by Gasteiger charge is -2.19. The van der Waals surface area contributed by atoms with Crippen molar-refractivity contribution in [1.29, 1.82) is 5.26 Å². The third kappa shape index (κ3) is 2.63. The molecule has 0 spiro atoms. The van der Waals surface area contributed by atoms with Gasteiger partial charge in [-0.05, 0) is 19.3 Å². The summed E-state index contributed by atoms with van der Waals surface area (Å²) in [6.07, 6.45) is 8.21. The summed E-state index contributed by atoms with van der Waals surface area (Å²) >= 11 is 0. The van der Waals surface area contributed by atoms with Gasteiger partial charge in [0.05, 0.1) is 10.5 Å². The molecule has 0 bridgehead atoms. The number of hydrogen-bond donors (Lipinski definition) is 1. The summed E-state index contributed by atoms with van der Waals surface area (Å²) in [6, 6.07) is 3.25. The first kappa shape index (κ1) is 12.0. The third-order valence-electron chi connectivity index (χ3n) is 2.80. The zero-order valence-corrected chi connectivity index (χ0v) is 9.67. The van der Waals surface area contributed by atoms with E-state index in [1.807, 2.05) is 6.07 Å². The van der Waals surface area contributed by atoms with Crippen LogP contribution in [0.15, 0.2) is 24.4 Å². The number of hydrogen-bond acceptors (Lipinski definition) is 5. The van der Waals surface area contributed by atoms with Crippen molar-refractivity contribution in [3.63, 3.8) is 0 Å². The predicted molar refractivity (Wildman–Crippen MR) is 66.0 cm³/mol. The minimum absolute atomic E-state index is 0.149. The topological polar surface area (TPSA) is 91.8 Å². The minimum atomic E-state index is -0.519. The smallest absolute Gasteiger partial charge is 0.312 e. The molecule has 1 heterocycles. The maximum Gasteiger partial charge on any atom is 0.312 e. The zero-order valence-electron chi connectivity index (χ0n) is 9.67. The zero-order chi connectivity index (χ0) is 13.0. The van der Waals surface area contributed by atoms with Crippen LogP contribution in [0.25, 0.3) is 0 Å². The summed E-state index contributed by atoms with van der Waals surface area (Å²) in [4.78, 5) is 14.4. The van der Waals surface area contributed by atoms with Crippen LogP contribution in [-0.2, 0) is 0 Å². The summed E-state index contributed by atoms with van der Waals surface area (Å²) in [6.45, 7) is 0. The van der Waals surface area contributed by atoms with Crippen LogP contribution < -0.4 is 5.32 Å². The van der Waals surface area contributed by atoms with Gasteiger partial charge in [0.25, 0.3) is 0 Å². The summed E-state index contributed by atoms with van der Waals surface area (Å²) < 4.78 is 0. The number of aromatic nitrogens is 1. The fourth-order valence-electron chi connectivity index (χ4n) is 1.88. The molecule has 1 atom stereocenters. The first-order valence-corrected chi connectivity index (χ1v) is 5.67. The predicted octanol–water partition coefficient (Wildman–Crippen LogP) is 2.38. The molecule has 0 fully saturated rings. The van der Waals surface area contributed by atoms with Crippen molar-refractivity contribution in [2.75, 3.05) is 5.32 Å². The standard InChI is InChI=1S/C12H12N4O2/c13-7-9-6-11(16(17)18)12(14-8-9)15-10-4-2-1-3-5-10/h1-2,6,8,10H,3-5H2,(H,14,15). The highest BCUT2D eigenvalue weighted by molar-refractivity contribution is 5.58. The molecule has 1 N–H and O–H groups in total. The van der Waals surface area contributed by atoms with E-state index in [1.54, 1.807) is 0 Å². The Balaban J connectivity index is 2.24. The summed E-state index contributed by atoms with van der Waals surface area (Å²) in [5.41, 5.74) is 0.0411. The van der Waals surface area contributed by atoms with Crippen molar-refractivity contribution in [2.24, 2.45) is 0 Å². The summed E-state index contributed by atoms with van der Waals surface area (Å²) in [5.74, 6) is 0.235. The van der Waals surface area contributed by atoms with Gasteiger partial charge in [-0.25, -0.2) is 4.98 Å². The highest BCUT2D eigenvalue weighted by atomic mass is 16.6. The molecule has 0 aromatic carbocycles. The van der Waals surface area contributed by atoms with Crippen LogP contribution in [0.4, 0.5) is 11.5 Å². The van der Waals surface area contributed by atoms with Gasteiger partial charge in [0.15, 0.2) is 0 Å². The number of nitriles is 1. The Kier molecular flexibility index (Phi) is 3.53. The molecule has 1 aromatic heterocycles. The Morgan fingerprint density at radius 2 is 2.39 bits per heavy atom. The molecule has 1 aliphatic carbocycles. The van der Waals surface area contributed by atoms with Crippen LogP contribution in [0, 0.1) is 21.4 Å². The number of nitrogens with zero attached hydrogens (tertiary/aromatic N) is 3. The third-order valence-corrected chi connectivity index (χ3v) is 2.80. The van der Waals surface area contributed by atoms with E-state index in [2.05, 4.69) is 22.5 Å². The van der Waals surface area contributed by atoms with Gasteiger partial charge in [-0.15, -0.1) is 0 Å². The fraction of sp³-hybridized carbons (Fsp3) is 0.333. The number of nitro groups is 1. The maximum absolute atomic E-state index is 10.9. The molecule has 1 aromatic rings. The lowest BCUT2D eigenvalue weighted by molar-refractivity contribution is -0.384. The lowest BCUT2D eigenvalue weighted by Crippen LogP contribution is -2.21. The van der Waals surface area contributed by atoms with Gasteiger partial charge in [-0.2, -0.15) is 5.26 Å². The molecule has 1 aliphatic rings. The van der Waals surface area contributed by atoms with E-state index >= 15 is 0 Å². The van der Waals surface area contributed by atoms with Gasteiger partial charge in [0.2, 0.25) is 5.82 Å². The molecule has 0 aliphatic heterocycles. The maximum atomic E-state index is 10.9. The van der Waals surface area contributed by atoms with Gasteiger partial charge < -0.3 is 5.32 Å². The number of allylic oxidation sites excluding steroid dienone is 1. The summed E-state index contributed by atoms with van der Waals surface area (Å²) in [7, 11) is 0. The molecular weight excluding hydrogens is 232 g/mol. The first-order valence-electron chi connectivity index (χ1n) is 5.67. The Bertz CT molecular complexity index is 533. The molecule has 92 valence electrons. The van der Waals surface area contributed by atoms with Crippen LogP contribution in [0.2, 0.25) is 0 Å². The molecule has 0 saturated heterocycles. The quantitative estimate of drug-likeness (QED) is 0.500. The van der Waals surface area contributed by atoms with E-state index in [0.717, 1.165) is 19.3 Å².